The van der Waals surface area contributed by atoms with Crippen molar-refractivity contribution in [2.75, 3.05) is 0 Å². The Morgan fingerprint density at radius 2 is 0.612 bits per heavy atom. The summed E-state index contributed by atoms with van der Waals surface area (Å²) in [6.07, 6.45) is 0. The van der Waals surface area contributed by atoms with Crippen molar-refractivity contribution in [2.24, 2.45) is 0 Å². The van der Waals surface area contributed by atoms with Gasteiger partial charge in [0.25, 0.3) is 0 Å². The highest BCUT2D eigenvalue weighted by atomic mass is 15.0. The van der Waals surface area contributed by atoms with Gasteiger partial charge in [-0.15, -0.1) is 0 Å². The molecule has 1 aliphatic rings. The molecule has 12 rings (SSSR count). The minimum Gasteiger partial charge on any atom is -0.228 e. The molecule has 0 bridgehead atoms. The maximum Gasteiger partial charge on any atom is 0.164 e. The van der Waals surface area contributed by atoms with Crippen molar-refractivity contribution in [3.8, 4) is 90.3 Å². The first-order valence-electron chi connectivity index (χ1n) is 22.6. The van der Waals surface area contributed by atoms with Crippen LogP contribution < -0.4 is 0 Å². The standard InChI is InChI=1S/C62H41N5/c1-6-20-42(21-7-1)56-41-57(64-58(63-56)43-22-8-2-9-23-43)47-28-18-26-45(38-47)46-27-19-29-48(39-46)60-65-59(44-24-10-3-11-25-44)66-61(67-60)49-36-37-53-52-34-16-17-35-54(52)62(55(53)40-49,50-30-12-4-13-31-50)51-32-14-5-15-33-51/h1-41H. The van der Waals surface area contributed by atoms with Crippen LogP contribution in [0.15, 0.2) is 249 Å². The molecule has 9 aromatic carbocycles. The molecular formula is C62H41N5. The average molecular weight is 856 g/mol. The largest absolute Gasteiger partial charge is 0.228 e. The predicted molar refractivity (Wildman–Crippen MR) is 271 cm³/mol. The fraction of sp³-hybridized carbons (Fsp3) is 0.0161. The number of fused-ring (bicyclic) bond motifs is 3. The molecule has 0 spiro atoms. The molecule has 0 unspecified atom stereocenters. The lowest BCUT2D eigenvalue weighted by Gasteiger charge is -2.34. The van der Waals surface area contributed by atoms with Crippen LogP contribution in [0.5, 0.6) is 0 Å². The molecule has 67 heavy (non-hydrogen) atoms. The highest BCUT2D eigenvalue weighted by molar-refractivity contribution is 5.88. The molecule has 0 radical (unpaired) electrons. The Bertz CT molecular complexity index is 3460. The van der Waals surface area contributed by atoms with Crippen LogP contribution in [0.25, 0.3) is 90.3 Å². The molecule has 5 heteroatoms. The third-order valence-corrected chi connectivity index (χ3v) is 12.8. The van der Waals surface area contributed by atoms with Gasteiger partial charge in [0.2, 0.25) is 0 Å². The predicted octanol–water partition coefficient (Wildman–Crippen LogP) is 14.7. The van der Waals surface area contributed by atoms with Crippen molar-refractivity contribution in [1.82, 2.24) is 24.9 Å². The summed E-state index contributed by atoms with van der Waals surface area (Å²) in [5.74, 6) is 2.50. The number of hydrogen-bond donors (Lipinski definition) is 0. The number of hydrogen-bond acceptors (Lipinski definition) is 5. The lowest BCUT2D eigenvalue weighted by atomic mass is 9.67. The van der Waals surface area contributed by atoms with E-state index in [-0.39, 0.29) is 0 Å². The first-order chi connectivity index (χ1) is 33.2. The molecule has 0 fully saturated rings. The summed E-state index contributed by atoms with van der Waals surface area (Å²) in [7, 11) is 0. The fourth-order valence-corrected chi connectivity index (χ4v) is 9.70. The van der Waals surface area contributed by atoms with E-state index in [9.17, 15) is 0 Å². The number of benzene rings is 9. The Hall–Kier alpha value is -8.93. The third kappa shape index (κ3) is 7.20. The van der Waals surface area contributed by atoms with Crippen LogP contribution in [-0.2, 0) is 5.41 Å². The number of rotatable bonds is 9. The van der Waals surface area contributed by atoms with Gasteiger partial charge in [0.05, 0.1) is 16.8 Å². The third-order valence-electron chi connectivity index (χ3n) is 12.8. The van der Waals surface area contributed by atoms with Crippen LogP contribution in [0, 0.1) is 0 Å². The van der Waals surface area contributed by atoms with E-state index in [1.165, 1.54) is 33.4 Å². The van der Waals surface area contributed by atoms with E-state index >= 15 is 0 Å². The zero-order valence-electron chi connectivity index (χ0n) is 36.4. The highest BCUT2D eigenvalue weighted by Gasteiger charge is 2.46. The van der Waals surface area contributed by atoms with Gasteiger partial charge in [0.1, 0.15) is 0 Å². The van der Waals surface area contributed by atoms with Crippen molar-refractivity contribution >= 4 is 0 Å². The fourth-order valence-electron chi connectivity index (χ4n) is 9.70. The van der Waals surface area contributed by atoms with Gasteiger partial charge in [-0.2, -0.15) is 0 Å². The van der Waals surface area contributed by atoms with Gasteiger partial charge in [-0.05, 0) is 68.8 Å². The molecule has 0 saturated carbocycles. The highest BCUT2D eigenvalue weighted by Crippen LogP contribution is 2.56. The summed E-state index contributed by atoms with van der Waals surface area (Å²) < 4.78 is 0. The van der Waals surface area contributed by atoms with Crippen LogP contribution in [0.4, 0.5) is 0 Å². The van der Waals surface area contributed by atoms with Gasteiger partial charge in [0.15, 0.2) is 23.3 Å². The Balaban J connectivity index is 0.980. The molecule has 2 aromatic heterocycles. The molecule has 0 N–H and O–H groups in total. The maximum atomic E-state index is 5.31. The van der Waals surface area contributed by atoms with Gasteiger partial charge in [-0.3, -0.25) is 0 Å². The average Bonchev–Trinajstić information content (AvgIpc) is 3.72. The first-order valence-corrected chi connectivity index (χ1v) is 22.6. The summed E-state index contributed by atoms with van der Waals surface area (Å²) in [6.45, 7) is 0. The summed E-state index contributed by atoms with van der Waals surface area (Å²) in [6, 6.07) is 87.0. The van der Waals surface area contributed by atoms with Crippen molar-refractivity contribution < 1.29 is 0 Å². The van der Waals surface area contributed by atoms with Gasteiger partial charge in [-0.1, -0.05) is 224 Å². The lowest BCUT2D eigenvalue weighted by Crippen LogP contribution is -2.28. The number of nitrogens with zero attached hydrogens (tertiary/aromatic N) is 5. The SMILES string of the molecule is c1ccc(-c2cc(-c3cccc(-c4cccc(-c5nc(-c6ccccc6)nc(-c6ccc7c(c6)C(c6ccccc6)(c6ccccc6)c6ccccc6-7)n5)c4)c3)nc(-c3ccccc3)n2)cc1. The van der Waals surface area contributed by atoms with Gasteiger partial charge in [0, 0.05) is 33.4 Å². The maximum absolute atomic E-state index is 5.31. The van der Waals surface area contributed by atoms with Crippen LogP contribution in [0.3, 0.4) is 0 Å². The summed E-state index contributed by atoms with van der Waals surface area (Å²) in [4.78, 5) is 25.8. The van der Waals surface area contributed by atoms with Crippen LogP contribution in [0.2, 0.25) is 0 Å². The van der Waals surface area contributed by atoms with E-state index in [0.29, 0.717) is 23.3 Å². The topological polar surface area (TPSA) is 64.5 Å². The van der Waals surface area contributed by atoms with E-state index in [1.54, 1.807) is 0 Å². The van der Waals surface area contributed by atoms with Crippen molar-refractivity contribution in [2.45, 2.75) is 5.41 Å². The smallest absolute Gasteiger partial charge is 0.164 e. The lowest BCUT2D eigenvalue weighted by molar-refractivity contribution is 0.768. The van der Waals surface area contributed by atoms with E-state index in [4.69, 9.17) is 24.9 Å². The molecule has 314 valence electrons. The molecule has 11 aromatic rings. The molecule has 0 amide bonds. The minimum absolute atomic E-state index is 0.552. The molecule has 5 nitrogen and oxygen atoms in total. The van der Waals surface area contributed by atoms with Crippen LogP contribution >= 0.6 is 0 Å². The van der Waals surface area contributed by atoms with Gasteiger partial charge >= 0.3 is 0 Å². The van der Waals surface area contributed by atoms with E-state index in [0.717, 1.165) is 55.9 Å². The summed E-state index contributed by atoms with van der Waals surface area (Å²) >= 11 is 0. The van der Waals surface area contributed by atoms with Crippen molar-refractivity contribution in [1.29, 1.82) is 0 Å². The summed E-state index contributed by atoms with van der Waals surface area (Å²) in [5.41, 5.74) is 16.3. The minimum atomic E-state index is -0.552. The zero-order valence-corrected chi connectivity index (χ0v) is 36.4. The molecule has 1 aliphatic carbocycles. The molecular weight excluding hydrogens is 815 g/mol. The Morgan fingerprint density at radius 3 is 1.19 bits per heavy atom. The summed E-state index contributed by atoms with van der Waals surface area (Å²) in [5, 5.41) is 0. The first kappa shape index (κ1) is 39.6. The second kappa shape index (κ2) is 16.9. The van der Waals surface area contributed by atoms with Crippen molar-refractivity contribution in [3.05, 3.63) is 271 Å². The van der Waals surface area contributed by atoms with Crippen molar-refractivity contribution in [3.63, 3.8) is 0 Å². The van der Waals surface area contributed by atoms with E-state index in [2.05, 4.69) is 194 Å². The quantitative estimate of drug-likeness (QED) is 0.145. The second-order valence-corrected chi connectivity index (χ2v) is 16.8. The van der Waals surface area contributed by atoms with Crippen LogP contribution in [-0.4, -0.2) is 24.9 Å². The Labute approximate surface area is 389 Å². The van der Waals surface area contributed by atoms with Crippen LogP contribution in [0.1, 0.15) is 22.3 Å². The van der Waals surface area contributed by atoms with Gasteiger partial charge in [-0.25, -0.2) is 24.9 Å². The molecule has 0 atom stereocenters. The number of aromatic nitrogens is 5. The van der Waals surface area contributed by atoms with E-state index in [1.807, 2.05) is 54.6 Å². The van der Waals surface area contributed by atoms with Gasteiger partial charge < -0.3 is 0 Å². The monoisotopic (exact) mass is 855 g/mol. The Morgan fingerprint density at radius 1 is 0.224 bits per heavy atom. The second-order valence-electron chi connectivity index (χ2n) is 16.8. The van der Waals surface area contributed by atoms with E-state index < -0.39 is 5.41 Å². The molecule has 2 heterocycles. The normalized spacial score (nSPS) is 12.3. The molecule has 0 saturated heterocycles. The Kier molecular flexibility index (Phi) is 9.99. The molecule has 0 aliphatic heterocycles. The zero-order chi connectivity index (χ0) is 44.6.